The maximum atomic E-state index is 13.9. The SMILES string of the molecule is C[C@H](O)C(=O)Nc1cccc(CN2C(=O)[C@](O)([C@H](C)/C=C/CCn3cc(C(CO)c4ccccc4)nn3)c3cc(Br)ccc32)c1. The summed E-state index contributed by atoms with van der Waals surface area (Å²) in [6.45, 7) is 3.83. The summed E-state index contributed by atoms with van der Waals surface area (Å²) >= 11 is 3.49. The van der Waals surface area contributed by atoms with Crippen LogP contribution in [0.1, 0.15) is 48.6 Å². The maximum absolute atomic E-state index is 13.9. The van der Waals surface area contributed by atoms with E-state index in [4.69, 9.17) is 0 Å². The second kappa shape index (κ2) is 13.9. The van der Waals surface area contributed by atoms with Crippen LogP contribution in [0.5, 0.6) is 0 Å². The van der Waals surface area contributed by atoms with Gasteiger partial charge in [0, 0.05) is 34.4 Å². The smallest absolute Gasteiger partial charge is 0.264 e. The number of amides is 2. The van der Waals surface area contributed by atoms with E-state index in [9.17, 15) is 24.9 Å². The van der Waals surface area contributed by atoms with Gasteiger partial charge in [-0.3, -0.25) is 14.3 Å². The van der Waals surface area contributed by atoms with Crippen LogP contribution < -0.4 is 10.2 Å². The topological polar surface area (TPSA) is 141 Å². The molecule has 1 unspecified atom stereocenters. The number of carbonyl (C=O) groups is 2. The summed E-state index contributed by atoms with van der Waals surface area (Å²) in [4.78, 5) is 27.5. The van der Waals surface area contributed by atoms with E-state index >= 15 is 0 Å². The van der Waals surface area contributed by atoms with E-state index in [2.05, 4.69) is 31.6 Å². The minimum atomic E-state index is -1.79. The predicted octanol–water partition coefficient (Wildman–Crippen LogP) is 4.50. The molecular weight excluding hydrogens is 638 g/mol. The van der Waals surface area contributed by atoms with E-state index in [0.717, 1.165) is 15.6 Å². The molecular formula is C34H36BrN5O5. The van der Waals surface area contributed by atoms with Gasteiger partial charge in [0.2, 0.25) is 0 Å². The zero-order chi connectivity index (χ0) is 32.1. The maximum Gasteiger partial charge on any atom is 0.264 e. The molecule has 0 fully saturated rings. The fraction of sp³-hybridized carbons (Fsp3) is 0.294. The number of nitrogens with one attached hydrogen (secondary N) is 1. The van der Waals surface area contributed by atoms with E-state index in [1.807, 2.05) is 73.8 Å². The first-order valence-electron chi connectivity index (χ1n) is 14.8. The Balaban J connectivity index is 1.29. The molecule has 0 radical (unpaired) electrons. The van der Waals surface area contributed by atoms with Crippen molar-refractivity contribution >= 4 is 39.1 Å². The lowest BCUT2D eigenvalue weighted by atomic mass is 9.83. The Labute approximate surface area is 270 Å². The number of anilines is 2. The van der Waals surface area contributed by atoms with Gasteiger partial charge in [0.25, 0.3) is 11.8 Å². The van der Waals surface area contributed by atoms with Gasteiger partial charge in [0.15, 0.2) is 5.60 Å². The molecule has 234 valence electrons. The summed E-state index contributed by atoms with van der Waals surface area (Å²) in [6.07, 6.45) is 5.03. The summed E-state index contributed by atoms with van der Waals surface area (Å²) < 4.78 is 2.46. The summed E-state index contributed by atoms with van der Waals surface area (Å²) in [5, 5.41) is 42.6. The lowest BCUT2D eigenvalue weighted by molar-refractivity contribution is -0.139. The number of benzene rings is 3. The van der Waals surface area contributed by atoms with Crippen LogP contribution in [0.2, 0.25) is 0 Å². The average Bonchev–Trinajstić information content (AvgIpc) is 3.57. The number of aliphatic hydroxyl groups excluding tert-OH is 2. The molecule has 0 saturated heterocycles. The Morgan fingerprint density at radius 1 is 1.09 bits per heavy atom. The molecule has 4 N–H and O–H groups in total. The second-order valence-electron chi connectivity index (χ2n) is 11.2. The molecule has 2 amide bonds. The van der Waals surface area contributed by atoms with Crippen LogP contribution in [-0.4, -0.2) is 54.8 Å². The number of aryl methyl sites for hydroxylation is 1. The molecule has 0 saturated carbocycles. The Morgan fingerprint density at radius 2 is 1.87 bits per heavy atom. The van der Waals surface area contributed by atoms with Crippen LogP contribution in [-0.2, 0) is 28.3 Å². The zero-order valence-electron chi connectivity index (χ0n) is 25.0. The summed E-state index contributed by atoms with van der Waals surface area (Å²) in [6, 6.07) is 22.1. The number of aliphatic hydroxyl groups is 3. The highest BCUT2D eigenvalue weighted by Gasteiger charge is 2.52. The summed E-state index contributed by atoms with van der Waals surface area (Å²) in [7, 11) is 0. The molecule has 0 bridgehead atoms. The summed E-state index contributed by atoms with van der Waals surface area (Å²) in [5.41, 5.74) is 2.22. The average molecular weight is 675 g/mol. The Hall–Kier alpha value is -4.16. The predicted molar refractivity (Wildman–Crippen MR) is 174 cm³/mol. The number of aromatic nitrogens is 3. The number of nitrogens with zero attached hydrogens (tertiary/aromatic N) is 4. The van der Waals surface area contributed by atoms with Crippen molar-refractivity contribution in [1.82, 2.24) is 15.0 Å². The third-order valence-corrected chi connectivity index (χ3v) is 8.55. The highest BCUT2D eigenvalue weighted by atomic mass is 79.9. The lowest BCUT2D eigenvalue weighted by Crippen LogP contribution is -2.44. The van der Waals surface area contributed by atoms with Crippen molar-refractivity contribution in [3.63, 3.8) is 0 Å². The third-order valence-electron chi connectivity index (χ3n) is 8.05. The Morgan fingerprint density at radius 3 is 2.60 bits per heavy atom. The van der Waals surface area contributed by atoms with Gasteiger partial charge >= 0.3 is 0 Å². The van der Waals surface area contributed by atoms with E-state index in [0.29, 0.717) is 35.6 Å². The molecule has 11 heteroatoms. The number of fused-ring (bicyclic) bond motifs is 1. The van der Waals surface area contributed by atoms with Gasteiger partial charge in [0.1, 0.15) is 6.10 Å². The van der Waals surface area contributed by atoms with Crippen molar-refractivity contribution in [3.8, 4) is 0 Å². The minimum absolute atomic E-state index is 0.0771. The first kappa shape index (κ1) is 32.2. The van der Waals surface area contributed by atoms with E-state index < -0.39 is 29.4 Å². The van der Waals surface area contributed by atoms with Crippen LogP contribution in [0, 0.1) is 5.92 Å². The van der Waals surface area contributed by atoms with Crippen molar-refractivity contribution in [3.05, 3.63) is 118 Å². The first-order valence-corrected chi connectivity index (χ1v) is 15.6. The van der Waals surface area contributed by atoms with Crippen molar-refractivity contribution in [2.75, 3.05) is 16.8 Å². The van der Waals surface area contributed by atoms with Gasteiger partial charge < -0.3 is 25.5 Å². The number of halogens is 1. The largest absolute Gasteiger partial charge is 0.395 e. The number of hydrogen-bond acceptors (Lipinski definition) is 7. The van der Waals surface area contributed by atoms with Gasteiger partial charge in [-0.15, -0.1) is 5.10 Å². The fourth-order valence-corrected chi connectivity index (χ4v) is 5.90. The van der Waals surface area contributed by atoms with Crippen LogP contribution in [0.15, 0.2) is 95.6 Å². The fourth-order valence-electron chi connectivity index (χ4n) is 5.54. The molecule has 1 aliphatic heterocycles. The molecule has 0 aliphatic carbocycles. The van der Waals surface area contributed by atoms with Crippen molar-refractivity contribution in [1.29, 1.82) is 0 Å². The molecule has 4 atom stereocenters. The Bertz CT molecular complexity index is 1690. The quantitative estimate of drug-likeness (QED) is 0.162. The molecule has 10 nitrogen and oxygen atoms in total. The van der Waals surface area contributed by atoms with Crippen LogP contribution >= 0.6 is 15.9 Å². The molecule has 1 aliphatic rings. The zero-order valence-corrected chi connectivity index (χ0v) is 26.6. The van der Waals surface area contributed by atoms with Crippen molar-refractivity contribution in [2.24, 2.45) is 5.92 Å². The number of rotatable bonds is 12. The molecule has 3 aromatic carbocycles. The normalized spacial score (nSPS) is 18.2. The molecule has 1 aromatic heterocycles. The lowest BCUT2D eigenvalue weighted by Gasteiger charge is -2.28. The molecule has 5 rings (SSSR count). The van der Waals surface area contributed by atoms with Crippen LogP contribution in [0.25, 0.3) is 0 Å². The summed E-state index contributed by atoms with van der Waals surface area (Å²) in [5.74, 6) is -1.78. The molecule has 0 spiro atoms. The molecule has 4 aromatic rings. The van der Waals surface area contributed by atoms with Crippen molar-refractivity contribution < 1.29 is 24.9 Å². The van der Waals surface area contributed by atoms with Crippen LogP contribution in [0.4, 0.5) is 11.4 Å². The highest BCUT2D eigenvalue weighted by Crippen LogP contribution is 2.46. The standard InChI is InChI=1S/C34H36BrN5O5/c1-22(9-6-7-16-39-20-30(37-38-39)28(21-41)25-11-4-3-5-12-25)34(45)29-18-26(35)14-15-31(29)40(33(34)44)19-24-10-8-13-27(17-24)36-32(43)23(2)42/h3-6,8-15,17-18,20,22-23,28,41-42,45H,7,16,19,21H2,1-2H3,(H,36,43)/b9-6+/t22-,23+,28?,34+/m1/s1. The molecule has 2 heterocycles. The Kier molecular flexibility index (Phi) is 9.93. The third kappa shape index (κ3) is 6.91. The van der Waals surface area contributed by atoms with E-state index in [-0.39, 0.29) is 19.1 Å². The second-order valence-corrected chi connectivity index (χ2v) is 12.2. The van der Waals surface area contributed by atoms with Gasteiger partial charge in [-0.25, -0.2) is 0 Å². The number of carbonyl (C=O) groups excluding carboxylic acids is 2. The monoisotopic (exact) mass is 673 g/mol. The van der Waals surface area contributed by atoms with Crippen molar-refractivity contribution in [2.45, 2.75) is 51.0 Å². The minimum Gasteiger partial charge on any atom is -0.395 e. The van der Waals surface area contributed by atoms with E-state index in [1.165, 1.54) is 6.92 Å². The van der Waals surface area contributed by atoms with Gasteiger partial charge in [0.05, 0.1) is 30.5 Å². The van der Waals surface area contributed by atoms with E-state index in [1.54, 1.807) is 33.8 Å². The van der Waals surface area contributed by atoms with Crippen LogP contribution in [0.3, 0.4) is 0 Å². The van der Waals surface area contributed by atoms with Gasteiger partial charge in [-0.05, 0) is 54.8 Å². The highest BCUT2D eigenvalue weighted by molar-refractivity contribution is 9.10. The molecule has 45 heavy (non-hydrogen) atoms. The van der Waals surface area contributed by atoms with Gasteiger partial charge in [-0.1, -0.05) is 82.7 Å². The van der Waals surface area contributed by atoms with Gasteiger partial charge in [-0.2, -0.15) is 0 Å². The first-order chi connectivity index (χ1) is 21.6. The number of hydrogen-bond donors (Lipinski definition) is 4. The number of allylic oxidation sites excluding steroid dienone is 1.